The van der Waals surface area contributed by atoms with Crippen LogP contribution in [0.5, 0.6) is 0 Å². The third-order valence-electron chi connectivity index (χ3n) is 6.60. The largest absolute Gasteiger partial charge is 0.404 e. The molecule has 4 rings (SSSR count). The van der Waals surface area contributed by atoms with Gasteiger partial charge in [-0.25, -0.2) is 4.68 Å². The minimum absolute atomic E-state index is 0.0747. The summed E-state index contributed by atoms with van der Waals surface area (Å²) in [4.78, 5) is 12.0. The number of halogens is 1. The second-order valence-electron chi connectivity index (χ2n) is 11.6. The topological polar surface area (TPSA) is 56.1 Å². The lowest BCUT2D eigenvalue weighted by Gasteiger charge is -2.36. The van der Waals surface area contributed by atoms with Gasteiger partial charge in [0, 0.05) is 18.1 Å². The van der Waals surface area contributed by atoms with Crippen LogP contribution < -0.4 is 15.7 Å². The third kappa shape index (κ3) is 6.18. The Morgan fingerprint density at radius 3 is 2.19 bits per heavy atom. The van der Waals surface area contributed by atoms with E-state index in [-0.39, 0.29) is 28.3 Å². The first kappa shape index (κ1) is 26.8. The van der Waals surface area contributed by atoms with Crippen molar-refractivity contribution >= 4 is 47.1 Å². The molecule has 1 fully saturated rings. The molecule has 2 aromatic carbocycles. The summed E-state index contributed by atoms with van der Waals surface area (Å²) in [5, 5.41) is 10.7. The van der Waals surface area contributed by atoms with Gasteiger partial charge in [-0.3, -0.25) is 4.79 Å². The average Bonchev–Trinajstić information content (AvgIpc) is 3.22. The molecule has 1 amide bonds. The Morgan fingerprint density at radius 1 is 1.03 bits per heavy atom. The normalized spacial score (nSPS) is 18.2. The minimum Gasteiger partial charge on any atom is -0.404 e. The van der Waals surface area contributed by atoms with Crippen LogP contribution in [0.2, 0.25) is 0 Å². The Labute approximate surface area is 225 Å². The van der Waals surface area contributed by atoms with Crippen molar-refractivity contribution in [3.8, 4) is 0 Å². The highest BCUT2D eigenvalue weighted by molar-refractivity contribution is 9.09. The van der Waals surface area contributed by atoms with Crippen LogP contribution in [0.1, 0.15) is 71.6 Å². The summed E-state index contributed by atoms with van der Waals surface area (Å²) in [6.07, 6.45) is 2.08. The highest BCUT2D eigenvalue weighted by Gasteiger charge is 2.37. The van der Waals surface area contributed by atoms with E-state index in [4.69, 9.17) is 9.52 Å². The first-order valence-electron chi connectivity index (χ1n) is 12.6. The third-order valence-corrected chi connectivity index (χ3v) is 9.39. The molecule has 1 radical (unpaired) electrons. The lowest BCUT2D eigenvalue weighted by atomic mass is 9.80. The summed E-state index contributed by atoms with van der Waals surface area (Å²) < 4.78 is 8.74. The van der Waals surface area contributed by atoms with Gasteiger partial charge in [0.15, 0.2) is 0 Å². The monoisotopic (exact) mass is 566 g/mol. The Bertz CT molecular complexity index is 1170. The molecule has 1 heterocycles. The van der Waals surface area contributed by atoms with Gasteiger partial charge in [-0.05, 0) is 55.0 Å². The zero-order valence-corrected chi connectivity index (χ0v) is 24.7. The Hall–Kier alpha value is -2.22. The zero-order chi connectivity index (χ0) is 26.1. The standard InChI is InChI=1S/C29H37BrN3O2Si/c1-28(2,3)21-12-14-24(15-13-21)36(23-10-8-7-9-11-23)35-22-16-20(17-22)25-18-26(31-27(34)19-30)33(32-25)29(4,5)6/h7-15,18,20,22H,16-17,19H2,1-6H3,(H,31,34). The van der Waals surface area contributed by atoms with E-state index in [1.807, 2.05) is 10.7 Å². The van der Waals surface area contributed by atoms with Crippen LogP contribution in [0.4, 0.5) is 5.82 Å². The molecule has 0 aliphatic heterocycles. The molecule has 36 heavy (non-hydrogen) atoms. The molecular formula is C29H37BrN3O2Si. The molecule has 0 unspecified atom stereocenters. The molecule has 7 heteroatoms. The van der Waals surface area contributed by atoms with E-state index in [9.17, 15) is 4.79 Å². The van der Waals surface area contributed by atoms with E-state index in [2.05, 4.69) is 117 Å². The van der Waals surface area contributed by atoms with Gasteiger partial charge in [0.2, 0.25) is 5.91 Å². The van der Waals surface area contributed by atoms with Crippen molar-refractivity contribution in [1.29, 1.82) is 0 Å². The van der Waals surface area contributed by atoms with Crippen LogP contribution in [0.25, 0.3) is 0 Å². The van der Waals surface area contributed by atoms with Crippen molar-refractivity contribution in [2.24, 2.45) is 0 Å². The number of alkyl halides is 1. The van der Waals surface area contributed by atoms with Crippen molar-refractivity contribution in [1.82, 2.24) is 9.78 Å². The maximum atomic E-state index is 12.0. The van der Waals surface area contributed by atoms with Gasteiger partial charge < -0.3 is 9.74 Å². The molecule has 1 saturated carbocycles. The number of nitrogens with zero attached hydrogens (tertiary/aromatic N) is 2. The molecule has 3 aromatic rings. The number of anilines is 1. The number of benzene rings is 2. The van der Waals surface area contributed by atoms with Gasteiger partial charge in [0.1, 0.15) is 5.82 Å². The van der Waals surface area contributed by atoms with Crippen molar-refractivity contribution < 1.29 is 9.22 Å². The Morgan fingerprint density at radius 2 is 1.64 bits per heavy atom. The summed E-state index contributed by atoms with van der Waals surface area (Å²) in [6, 6.07) is 21.7. The summed E-state index contributed by atoms with van der Waals surface area (Å²) in [7, 11) is -1.36. The smallest absolute Gasteiger partial charge is 0.283 e. The molecule has 191 valence electrons. The van der Waals surface area contributed by atoms with Gasteiger partial charge in [0.05, 0.1) is 16.6 Å². The van der Waals surface area contributed by atoms with Crippen LogP contribution in [0.3, 0.4) is 0 Å². The van der Waals surface area contributed by atoms with E-state index in [1.54, 1.807) is 0 Å². The van der Waals surface area contributed by atoms with Crippen LogP contribution in [0.15, 0.2) is 60.7 Å². The quantitative estimate of drug-likeness (QED) is 0.310. The molecular weight excluding hydrogens is 530 g/mol. The van der Waals surface area contributed by atoms with Crippen LogP contribution >= 0.6 is 15.9 Å². The molecule has 0 atom stereocenters. The lowest BCUT2D eigenvalue weighted by molar-refractivity contribution is -0.113. The summed E-state index contributed by atoms with van der Waals surface area (Å²) >= 11 is 3.24. The fraction of sp³-hybridized carbons (Fsp3) is 0.448. The molecule has 1 aliphatic rings. The van der Waals surface area contributed by atoms with Crippen molar-refractivity contribution in [3.05, 3.63) is 71.9 Å². The van der Waals surface area contributed by atoms with Crippen molar-refractivity contribution in [2.45, 2.75) is 77.4 Å². The molecule has 0 bridgehead atoms. The average molecular weight is 568 g/mol. The van der Waals surface area contributed by atoms with Crippen molar-refractivity contribution in [2.75, 3.05) is 10.6 Å². The highest BCUT2D eigenvalue weighted by atomic mass is 79.9. The van der Waals surface area contributed by atoms with E-state index >= 15 is 0 Å². The molecule has 1 aromatic heterocycles. The second kappa shape index (κ2) is 10.6. The maximum Gasteiger partial charge on any atom is 0.283 e. The summed E-state index contributed by atoms with van der Waals surface area (Å²) in [6.45, 7) is 13.0. The zero-order valence-electron chi connectivity index (χ0n) is 22.1. The van der Waals surface area contributed by atoms with E-state index < -0.39 is 9.04 Å². The van der Waals surface area contributed by atoms with Gasteiger partial charge in [-0.15, -0.1) is 0 Å². The SMILES string of the molecule is CC(C)(C)c1ccc([Si](OC2CC(c3cc(NC(=O)CBr)n(C(C)(C)C)n3)C2)c2ccccc2)cc1. The Kier molecular flexibility index (Phi) is 7.93. The predicted octanol–water partition coefficient (Wildman–Crippen LogP) is 5.34. The number of hydrogen-bond donors (Lipinski definition) is 1. The van der Waals surface area contributed by atoms with Crippen molar-refractivity contribution in [3.63, 3.8) is 0 Å². The van der Waals surface area contributed by atoms with Crippen LogP contribution in [-0.4, -0.2) is 36.2 Å². The van der Waals surface area contributed by atoms with Gasteiger partial charge in [-0.2, -0.15) is 5.10 Å². The molecule has 0 saturated heterocycles. The van der Waals surface area contributed by atoms with Crippen LogP contribution in [0, 0.1) is 0 Å². The minimum atomic E-state index is -1.36. The first-order chi connectivity index (χ1) is 17.0. The molecule has 1 aliphatic carbocycles. The Balaban J connectivity index is 1.50. The number of hydrogen-bond acceptors (Lipinski definition) is 3. The summed E-state index contributed by atoms with van der Waals surface area (Å²) in [5.74, 6) is 1.01. The second-order valence-corrected chi connectivity index (χ2v) is 14.3. The number of aromatic nitrogens is 2. The molecule has 1 N–H and O–H groups in total. The highest BCUT2D eigenvalue weighted by Crippen LogP contribution is 2.40. The van der Waals surface area contributed by atoms with Gasteiger partial charge in [-0.1, -0.05) is 91.3 Å². The number of carbonyl (C=O) groups is 1. The molecule has 5 nitrogen and oxygen atoms in total. The number of rotatable bonds is 7. The van der Waals surface area contributed by atoms with Gasteiger partial charge in [0.25, 0.3) is 9.04 Å². The molecule has 0 spiro atoms. The van der Waals surface area contributed by atoms with E-state index in [1.165, 1.54) is 15.9 Å². The van der Waals surface area contributed by atoms with Gasteiger partial charge >= 0.3 is 0 Å². The fourth-order valence-electron chi connectivity index (χ4n) is 4.46. The van der Waals surface area contributed by atoms with E-state index in [0.717, 1.165) is 24.4 Å². The lowest BCUT2D eigenvalue weighted by Crippen LogP contribution is -2.49. The fourth-order valence-corrected chi connectivity index (χ4v) is 6.70. The number of carbonyl (C=O) groups excluding carboxylic acids is 1. The number of amides is 1. The maximum absolute atomic E-state index is 12.0. The van der Waals surface area contributed by atoms with Crippen LogP contribution in [-0.2, 0) is 20.2 Å². The number of nitrogens with one attached hydrogen (secondary N) is 1. The van der Waals surface area contributed by atoms with E-state index in [0.29, 0.717) is 5.92 Å². The summed E-state index contributed by atoms with van der Waals surface area (Å²) in [5.41, 5.74) is 2.26. The predicted molar refractivity (Wildman–Crippen MR) is 153 cm³/mol. The first-order valence-corrected chi connectivity index (χ1v) is 15.1.